The van der Waals surface area contributed by atoms with Gasteiger partial charge in [-0.15, -0.1) is 0 Å². The van der Waals surface area contributed by atoms with Crippen LogP contribution in [0.2, 0.25) is 0 Å². The Hall–Kier alpha value is -1.10. The van der Waals surface area contributed by atoms with Crippen molar-refractivity contribution in [1.29, 1.82) is 0 Å². The Bertz CT molecular complexity index is 318. The molecule has 0 bridgehead atoms. The van der Waals surface area contributed by atoms with E-state index < -0.39 is 0 Å². The quantitative estimate of drug-likeness (QED) is 0.771. The summed E-state index contributed by atoms with van der Waals surface area (Å²) in [5.41, 5.74) is 0. The molecule has 2 rings (SSSR count). The number of amides is 2. The van der Waals surface area contributed by atoms with Crippen LogP contribution in [0.3, 0.4) is 0 Å². The Morgan fingerprint density at radius 2 is 1.78 bits per heavy atom. The lowest BCUT2D eigenvalue weighted by molar-refractivity contribution is -0.134. The average molecular weight is 253 g/mol. The van der Waals surface area contributed by atoms with Gasteiger partial charge in [0.1, 0.15) is 0 Å². The van der Waals surface area contributed by atoms with Crippen molar-refractivity contribution in [1.82, 2.24) is 15.1 Å². The minimum absolute atomic E-state index is 0.134. The summed E-state index contributed by atoms with van der Waals surface area (Å²) in [5, 5.41) is 3.00. The number of nitrogens with one attached hydrogen (secondary N) is 1. The van der Waals surface area contributed by atoms with Gasteiger partial charge in [0.25, 0.3) is 0 Å². The van der Waals surface area contributed by atoms with Crippen LogP contribution in [-0.2, 0) is 9.59 Å². The first-order valence-electron chi connectivity index (χ1n) is 6.79. The summed E-state index contributed by atoms with van der Waals surface area (Å²) in [7, 11) is 3.61. The molecule has 0 aromatic carbocycles. The summed E-state index contributed by atoms with van der Waals surface area (Å²) in [5.74, 6) is 0.495. The monoisotopic (exact) mass is 253 g/mol. The molecule has 2 aliphatic rings. The molecule has 0 aromatic rings. The fourth-order valence-corrected chi connectivity index (χ4v) is 2.41. The Balaban J connectivity index is 1.69. The number of hydrogen-bond donors (Lipinski definition) is 1. The van der Waals surface area contributed by atoms with Gasteiger partial charge in [-0.25, -0.2) is 0 Å². The third kappa shape index (κ3) is 3.70. The number of likely N-dealkylation sites (tertiary alicyclic amines) is 1. The SMILES string of the molecule is CN(C)C(=O)C1CCN(CC(=O)NC2CC2)CC1. The summed E-state index contributed by atoms with van der Waals surface area (Å²) in [4.78, 5) is 27.3. The summed E-state index contributed by atoms with van der Waals surface area (Å²) in [6.45, 7) is 2.18. The van der Waals surface area contributed by atoms with Crippen LogP contribution in [0.15, 0.2) is 0 Å². The highest BCUT2D eigenvalue weighted by Crippen LogP contribution is 2.20. The van der Waals surface area contributed by atoms with E-state index in [9.17, 15) is 9.59 Å². The predicted octanol–water partition coefficient (Wildman–Crippen LogP) is 0.0652. The van der Waals surface area contributed by atoms with Crippen LogP contribution < -0.4 is 5.32 Å². The van der Waals surface area contributed by atoms with Crippen LogP contribution in [0.4, 0.5) is 0 Å². The molecule has 2 amide bonds. The van der Waals surface area contributed by atoms with Gasteiger partial charge in [-0.2, -0.15) is 0 Å². The molecule has 0 atom stereocenters. The highest BCUT2D eigenvalue weighted by Gasteiger charge is 2.28. The number of carbonyl (C=O) groups is 2. The highest BCUT2D eigenvalue weighted by atomic mass is 16.2. The zero-order valence-electron chi connectivity index (χ0n) is 11.3. The average Bonchev–Trinajstić information content (AvgIpc) is 3.12. The van der Waals surface area contributed by atoms with Gasteiger partial charge in [0.2, 0.25) is 11.8 Å². The molecule has 0 aromatic heterocycles. The maximum Gasteiger partial charge on any atom is 0.234 e. The van der Waals surface area contributed by atoms with Crippen LogP contribution in [0.5, 0.6) is 0 Å². The van der Waals surface area contributed by atoms with Gasteiger partial charge in [-0.3, -0.25) is 14.5 Å². The van der Waals surface area contributed by atoms with Crippen molar-refractivity contribution in [2.75, 3.05) is 33.7 Å². The molecule has 0 radical (unpaired) electrons. The van der Waals surface area contributed by atoms with Crippen molar-refractivity contribution in [2.24, 2.45) is 5.92 Å². The zero-order chi connectivity index (χ0) is 13.1. The van der Waals surface area contributed by atoms with E-state index in [4.69, 9.17) is 0 Å². The fraction of sp³-hybridized carbons (Fsp3) is 0.846. The van der Waals surface area contributed by atoms with Gasteiger partial charge in [0.05, 0.1) is 6.54 Å². The normalized spacial score (nSPS) is 21.7. The van der Waals surface area contributed by atoms with Gasteiger partial charge >= 0.3 is 0 Å². The summed E-state index contributed by atoms with van der Waals surface area (Å²) >= 11 is 0. The standard InChI is InChI=1S/C13H23N3O2/c1-15(2)13(18)10-5-7-16(8-6-10)9-12(17)14-11-3-4-11/h10-11H,3-9H2,1-2H3,(H,14,17). The second-order valence-electron chi connectivity index (χ2n) is 5.62. The van der Waals surface area contributed by atoms with Gasteiger partial charge in [0, 0.05) is 26.1 Å². The predicted molar refractivity (Wildman–Crippen MR) is 69.0 cm³/mol. The molecule has 102 valence electrons. The van der Waals surface area contributed by atoms with Crippen LogP contribution >= 0.6 is 0 Å². The molecule has 5 heteroatoms. The largest absolute Gasteiger partial charge is 0.352 e. The topological polar surface area (TPSA) is 52.7 Å². The highest BCUT2D eigenvalue weighted by molar-refractivity contribution is 5.79. The Kier molecular flexibility index (Phi) is 4.22. The number of carbonyl (C=O) groups excluding carboxylic acids is 2. The zero-order valence-corrected chi connectivity index (χ0v) is 11.3. The molecule has 5 nitrogen and oxygen atoms in total. The molecule has 1 aliphatic carbocycles. The summed E-state index contributed by atoms with van der Waals surface area (Å²) in [6, 6.07) is 0.436. The third-order valence-electron chi connectivity index (χ3n) is 3.69. The molecule has 1 saturated carbocycles. The molecule has 1 saturated heterocycles. The molecule has 1 aliphatic heterocycles. The number of nitrogens with zero attached hydrogens (tertiary/aromatic N) is 2. The second-order valence-corrected chi connectivity index (χ2v) is 5.62. The maximum absolute atomic E-state index is 11.8. The van der Waals surface area contributed by atoms with E-state index in [1.165, 1.54) is 0 Å². The van der Waals surface area contributed by atoms with Crippen LogP contribution in [0.25, 0.3) is 0 Å². The van der Waals surface area contributed by atoms with Crippen molar-refractivity contribution in [3.63, 3.8) is 0 Å². The fourth-order valence-electron chi connectivity index (χ4n) is 2.41. The van der Waals surface area contributed by atoms with Gasteiger partial charge in [0.15, 0.2) is 0 Å². The lowest BCUT2D eigenvalue weighted by Crippen LogP contribution is -2.44. The van der Waals surface area contributed by atoms with E-state index in [-0.39, 0.29) is 17.7 Å². The number of hydrogen-bond acceptors (Lipinski definition) is 3. The first-order chi connectivity index (χ1) is 8.56. The maximum atomic E-state index is 11.8. The summed E-state index contributed by atoms with van der Waals surface area (Å²) < 4.78 is 0. The third-order valence-corrected chi connectivity index (χ3v) is 3.69. The van der Waals surface area contributed by atoms with Crippen molar-refractivity contribution in [3.8, 4) is 0 Å². The number of piperidine rings is 1. The first kappa shape index (κ1) is 13.3. The van der Waals surface area contributed by atoms with Gasteiger partial charge in [-0.05, 0) is 38.8 Å². The number of rotatable bonds is 4. The van der Waals surface area contributed by atoms with Crippen LogP contribution in [-0.4, -0.2) is 61.4 Å². The minimum atomic E-state index is 0.134. The lowest BCUT2D eigenvalue weighted by Gasteiger charge is -2.31. The lowest BCUT2D eigenvalue weighted by atomic mass is 9.95. The van der Waals surface area contributed by atoms with Crippen molar-refractivity contribution in [2.45, 2.75) is 31.7 Å². The van der Waals surface area contributed by atoms with Gasteiger partial charge in [-0.1, -0.05) is 0 Å². The van der Waals surface area contributed by atoms with E-state index in [0.717, 1.165) is 38.8 Å². The minimum Gasteiger partial charge on any atom is -0.352 e. The molecular weight excluding hydrogens is 230 g/mol. The Morgan fingerprint density at radius 3 is 2.28 bits per heavy atom. The molecule has 18 heavy (non-hydrogen) atoms. The van der Waals surface area contributed by atoms with E-state index in [0.29, 0.717) is 12.6 Å². The summed E-state index contributed by atoms with van der Waals surface area (Å²) in [6.07, 6.45) is 4.00. The van der Waals surface area contributed by atoms with E-state index in [2.05, 4.69) is 10.2 Å². The van der Waals surface area contributed by atoms with Crippen LogP contribution in [0, 0.1) is 5.92 Å². The molecule has 0 spiro atoms. The molecule has 1 heterocycles. The Morgan fingerprint density at radius 1 is 1.17 bits per heavy atom. The first-order valence-corrected chi connectivity index (χ1v) is 6.79. The second kappa shape index (κ2) is 5.69. The molecular formula is C13H23N3O2. The van der Waals surface area contributed by atoms with Crippen molar-refractivity contribution < 1.29 is 9.59 Å². The van der Waals surface area contributed by atoms with Crippen LogP contribution in [0.1, 0.15) is 25.7 Å². The van der Waals surface area contributed by atoms with E-state index >= 15 is 0 Å². The molecule has 1 N–H and O–H groups in total. The van der Waals surface area contributed by atoms with E-state index in [1.807, 2.05) is 0 Å². The van der Waals surface area contributed by atoms with E-state index in [1.54, 1.807) is 19.0 Å². The smallest absolute Gasteiger partial charge is 0.234 e. The molecule has 2 fully saturated rings. The van der Waals surface area contributed by atoms with Crippen molar-refractivity contribution >= 4 is 11.8 Å². The van der Waals surface area contributed by atoms with Crippen molar-refractivity contribution in [3.05, 3.63) is 0 Å². The Labute approximate surface area is 108 Å². The van der Waals surface area contributed by atoms with Gasteiger partial charge < -0.3 is 10.2 Å². The molecule has 0 unspecified atom stereocenters.